The van der Waals surface area contributed by atoms with E-state index < -0.39 is 24.0 Å². The molecule has 2 fully saturated rings. The van der Waals surface area contributed by atoms with Gasteiger partial charge in [0, 0.05) is 18.4 Å². The monoisotopic (exact) mass is 550 g/mol. The molecule has 2 aromatic carbocycles. The summed E-state index contributed by atoms with van der Waals surface area (Å²) in [5, 5.41) is 6.02. The lowest BCUT2D eigenvalue weighted by molar-refractivity contribution is -0.147. The van der Waals surface area contributed by atoms with E-state index in [1.807, 2.05) is 74.5 Å². The first kappa shape index (κ1) is 30.8. The standard InChI is InChI=1S/C29H36N4O5.C2H6/c1-2-24(34)31-27-21(18-38-25(35)17-30)13-14-22-15-16-23(33(22)29(27)37)28(36)32-26(19-9-5-3-6-10-19)20-11-7-4-8-12-20;1-2/h3-12,21-23,26-27H,2,13-18,30H2,1H3,(H,31,34)(H,32,36);1-2H3. The number of nitrogens with two attached hydrogens (primary N) is 1. The van der Waals surface area contributed by atoms with E-state index in [4.69, 9.17) is 10.5 Å². The van der Waals surface area contributed by atoms with Crippen LogP contribution in [0.25, 0.3) is 0 Å². The van der Waals surface area contributed by atoms with E-state index in [2.05, 4.69) is 10.6 Å². The van der Waals surface area contributed by atoms with Crippen LogP contribution in [0, 0.1) is 5.92 Å². The van der Waals surface area contributed by atoms with E-state index in [0.29, 0.717) is 25.7 Å². The normalized spacial score (nSPS) is 21.9. The van der Waals surface area contributed by atoms with Crippen LogP contribution in [0.2, 0.25) is 0 Å². The molecule has 0 bridgehead atoms. The van der Waals surface area contributed by atoms with Crippen LogP contribution in [-0.4, -0.2) is 59.9 Å². The molecule has 0 aromatic heterocycles. The maximum Gasteiger partial charge on any atom is 0.319 e. The van der Waals surface area contributed by atoms with Crippen molar-refractivity contribution in [2.45, 2.75) is 77.0 Å². The second kappa shape index (κ2) is 15.2. The minimum absolute atomic E-state index is 0.0159. The highest BCUT2D eigenvalue weighted by Crippen LogP contribution is 2.35. The number of amides is 3. The van der Waals surface area contributed by atoms with Gasteiger partial charge in [-0.25, -0.2) is 0 Å². The summed E-state index contributed by atoms with van der Waals surface area (Å²) in [6.07, 6.45) is 2.67. The minimum Gasteiger partial charge on any atom is -0.464 e. The van der Waals surface area contributed by atoms with E-state index in [-0.39, 0.29) is 49.4 Å². The van der Waals surface area contributed by atoms with Crippen molar-refractivity contribution in [2.24, 2.45) is 11.7 Å². The number of hydrogen-bond acceptors (Lipinski definition) is 6. The molecule has 4 N–H and O–H groups in total. The average Bonchev–Trinajstić information content (AvgIpc) is 3.39. The molecule has 0 saturated carbocycles. The molecule has 2 heterocycles. The summed E-state index contributed by atoms with van der Waals surface area (Å²) in [4.78, 5) is 53.4. The van der Waals surface area contributed by atoms with Crippen LogP contribution in [0.5, 0.6) is 0 Å². The van der Waals surface area contributed by atoms with Crippen LogP contribution in [0.15, 0.2) is 60.7 Å². The van der Waals surface area contributed by atoms with Crippen LogP contribution in [0.1, 0.15) is 70.0 Å². The molecule has 216 valence electrons. The maximum absolute atomic E-state index is 13.9. The summed E-state index contributed by atoms with van der Waals surface area (Å²) in [5.41, 5.74) is 7.26. The van der Waals surface area contributed by atoms with Gasteiger partial charge in [-0.3, -0.25) is 19.2 Å². The first-order chi connectivity index (χ1) is 19.4. The molecular formula is C31H42N4O5. The van der Waals surface area contributed by atoms with E-state index >= 15 is 0 Å². The number of hydrogen-bond donors (Lipinski definition) is 3. The highest BCUT2D eigenvalue weighted by molar-refractivity contribution is 5.93. The zero-order chi connectivity index (χ0) is 29.1. The molecular weight excluding hydrogens is 508 g/mol. The van der Waals surface area contributed by atoms with Crippen molar-refractivity contribution in [1.82, 2.24) is 15.5 Å². The van der Waals surface area contributed by atoms with Gasteiger partial charge >= 0.3 is 5.97 Å². The van der Waals surface area contributed by atoms with Gasteiger partial charge in [-0.15, -0.1) is 0 Å². The first-order valence-electron chi connectivity index (χ1n) is 14.3. The molecule has 3 amide bonds. The van der Waals surface area contributed by atoms with Crippen LogP contribution in [-0.2, 0) is 23.9 Å². The third kappa shape index (κ3) is 7.47. The number of nitrogens with one attached hydrogen (secondary N) is 2. The van der Waals surface area contributed by atoms with Gasteiger partial charge in [-0.05, 0) is 36.8 Å². The Labute approximate surface area is 236 Å². The molecule has 4 rings (SSSR count). The predicted octanol–water partition coefficient (Wildman–Crippen LogP) is 3.08. The van der Waals surface area contributed by atoms with E-state index in [1.165, 1.54) is 0 Å². The third-order valence-electron chi connectivity index (χ3n) is 7.48. The zero-order valence-corrected chi connectivity index (χ0v) is 23.7. The summed E-state index contributed by atoms with van der Waals surface area (Å²) < 4.78 is 5.26. The Kier molecular flexibility index (Phi) is 11.7. The summed E-state index contributed by atoms with van der Waals surface area (Å²) in [6, 6.07) is 17.4. The summed E-state index contributed by atoms with van der Waals surface area (Å²) in [7, 11) is 0. The topological polar surface area (TPSA) is 131 Å². The molecule has 4 atom stereocenters. The van der Waals surface area contributed by atoms with Crippen molar-refractivity contribution in [3.63, 3.8) is 0 Å². The Morgan fingerprint density at radius 2 is 1.52 bits per heavy atom. The number of carbonyl (C=O) groups excluding carboxylic acids is 4. The SMILES string of the molecule is CC.CCC(=O)NC1C(=O)N2C(CCC1COC(=O)CN)CCC2C(=O)NC(c1ccccc1)c1ccccc1. The summed E-state index contributed by atoms with van der Waals surface area (Å²) >= 11 is 0. The van der Waals surface area contributed by atoms with Gasteiger partial charge in [0.15, 0.2) is 0 Å². The lowest BCUT2D eigenvalue weighted by Gasteiger charge is -2.33. The largest absolute Gasteiger partial charge is 0.464 e. The van der Waals surface area contributed by atoms with Crippen LogP contribution in [0.3, 0.4) is 0 Å². The lowest BCUT2D eigenvalue weighted by Crippen LogP contribution is -2.56. The fraction of sp³-hybridized carbons (Fsp3) is 0.484. The Morgan fingerprint density at radius 3 is 2.08 bits per heavy atom. The number of benzene rings is 2. The number of rotatable bonds is 9. The number of ether oxygens (including phenoxy) is 1. The zero-order valence-electron chi connectivity index (χ0n) is 23.7. The van der Waals surface area contributed by atoms with Gasteiger partial charge in [0.1, 0.15) is 12.1 Å². The molecule has 9 heteroatoms. The molecule has 2 saturated heterocycles. The van der Waals surface area contributed by atoms with Crippen molar-refractivity contribution >= 4 is 23.7 Å². The average molecular weight is 551 g/mol. The molecule has 0 aliphatic carbocycles. The quantitative estimate of drug-likeness (QED) is 0.412. The summed E-state index contributed by atoms with van der Waals surface area (Å²) in [5.74, 6) is -1.77. The molecule has 4 unspecified atom stereocenters. The highest BCUT2D eigenvalue weighted by Gasteiger charge is 2.48. The van der Waals surface area contributed by atoms with Gasteiger partial charge in [0.2, 0.25) is 17.7 Å². The molecule has 0 spiro atoms. The molecule has 40 heavy (non-hydrogen) atoms. The highest BCUT2D eigenvalue weighted by atomic mass is 16.5. The first-order valence-corrected chi connectivity index (χ1v) is 14.3. The van der Waals surface area contributed by atoms with Gasteiger partial charge < -0.3 is 26.0 Å². The number of fused-ring (bicyclic) bond motifs is 1. The number of carbonyl (C=O) groups is 4. The van der Waals surface area contributed by atoms with E-state index in [9.17, 15) is 19.2 Å². The van der Waals surface area contributed by atoms with Crippen LogP contribution in [0.4, 0.5) is 0 Å². The Balaban J connectivity index is 0.00000216. The van der Waals surface area contributed by atoms with Crippen molar-refractivity contribution in [3.05, 3.63) is 71.8 Å². The van der Waals surface area contributed by atoms with Crippen molar-refractivity contribution in [3.8, 4) is 0 Å². The van der Waals surface area contributed by atoms with Crippen LogP contribution >= 0.6 is 0 Å². The summed E-state index contributed by atoms with van der Waals surface area (Å²) in [6.45, 7) is 5.44. The van der Waals surface area contributed by atoms with Gasteiger partial charge in [-0.1, -0.05) is 81.4 Å². The predicted molar refractivity (Wildman–Crippen MR) is 153 cm³/mol. The fourth-order valence-electron chi connectivity index (χ4n) is 5.47. The Hall–Kier alpha value is -3.72. The lowest BCUT2D eigenvalue weighted by atomic mass is 9.93. The molecule has 2 aliphatic heterocycles. The molecule has 2 aliphatic rings. The molecule has 0 radical (unpaired) electrons. The Bertz CT molecular complexity index is 1090. The molecule has 9 nitrogen and oxygen atoms in total. The smallest absolute Gasteiger partial charge is 0.319 e. The number of nitrogens with zero attached hydrogens (tertiary/aromatic N) is 1. The fourth-order valence-corrected chi connectivity index (χ4v) is 5.47. The third-order valence-corrected chi connectivity index (χ3v) is 7.48. The van der Waals surface area contributed by atoms with Gasteiger partial charge in [0.05, 0.1) is 19.2 Å². The second-order valence-electron chi connectivity index (χ2n) is 9.88. The Morgan fingerprint density at radius 1 is 0.950 bits per heavy atom. The maximum atomic E-state index is 13.9. The van der Waals surface area contributed by atoms with Crippen LogP contribution < -0.4 is 16.4 Å². The second-order valence-corrected chi connectivity index (χ2v) is 9.88. The van der Waals surface area contributed by atoms with Crippen molar-refractivity contribution in [1.29, 1.82) is 0 Å². The van der Waals surface area contributed by atoms with Crippen molar-refractivity contribution < 1.29 is 23.9 Å². The van der Waals surface area contributed by atoms with Crippen molar-refractivity contribution in [2.75, 3.05) is 13.2 Å². The van der Waals surface area contributed by atoms with E-state index in [1.54, 1.807) is 11.8 Å². The number of esters is 1. The van der Waals surface area contributed by atoms with Gasteiger partial charge in [-0.2, -0.15) is 0 Å². The minimum atomic E-state index is -0.884. The van der Waals surface area contributed by atoms with E-state index in [0.717, 1.165) is 11.1 Å². The van der Waals surface area contributed by atoms with Gasteiger partial charge in [0.25, 0.3) is 0 Å². The molecule has 2 aromatic rings.